The molecule has 1 aromatic rings. The van der Waals surface area contributed by atoms with E-state index in [1.54, 1.807) is 12.3 Å². The first kappa shape index (κ1) is 14.1. The molecule has 0 spiro atoms. The Labute approximate surface area is 104 Å². The number of halogens is 1. The largest absolute Gasteiger partial charge is 0.310 e. The fraction of sp³-hybridized carbons (Fsp3) is 0.643. The van der Waals surface area contributed by atoms with Gasteiger partial charge < -0.3 is 5.32 Å². The van der Waals surface area contributed by atoms with Crippen molar-refractivity contribution in [2.75, 3.05) is 6.54 Å². The predicted octanol–water partition coefficient (Wildman–Crippen LogP) is 3.70. The van der Waals surface area contributed by atoms with E-state index in [1.807, 2.05) is 0 Å². The lowest BCUT2D eigenvalue weighted by atomic mass is 9.91. The zero-order valence-electron chi connectivity index (χ0n) is 11.0. The summed E-state index contributed by atoms with van der Waals surface area (Å²) in [4.78, 5) is 3.81. The highest BCUT2D eigenvalue weighted by Crippen LogP contribution is 2.26. The van der Waals surface area contributed by atoms with Gasteiger partial charge in [0.1, 0.15) is 5.82 Å². The third kappa shape index (κ3) is 4.08. The second-order valence-corrected chi connectivity index (χ2v) is 4.59. The quantitative estimate of drug-likeness (QED) is 0.783. The highest BCUT2D eigenvalue weighted by molar-refractivity contribution is 5.18. The van der Waals surface area contributed by atoms with Crippen molar-refractivity contribution in [1.29, 1.82) is 0 Å². The molecular weight excluding hydrogens is 215 g/mol. The molecule has 1 aromatic heterocycles. The van der Waals surface area contributed by atoms with Gasteiger partial charge in [-0.15, -0.1) is 0 Å². The van der Waals surface area contributed by atoms with E-state index in [0.717, 1.165) is 31.4 Å². The van der Waals surface area contributed by atoms with Crippen LogP contribution in [0, 0.1) is 11.7 Å². The number of hydrogen-bond donors (Lipinski definition) is 1. The first-order valence-electron chi connectivity index (χ1n) is 6.53. The molecule has 0 aliphatic rings. The van der Waals surface area contributed by atoms with Gasteiger partial charge in [0.25, 0.3) is 0 Å². The Bertz CT molecular complexity index is 328. The van der Waals surface area contributed by atoms with Gasteiger partial charge in [-0.3, -0.25) is 4.98 Å². The SMILES string of the molecule is CCCNC(c1ccncc1F)C(C)CCC. The van der Waals surface area contributed by atoms with Crippen LogP contribution in [0.1, 0.15) is 51.6 Å². The summed E-state index contributed by atoms with van der Waals surface area (Å²) in [6, 6.07) is 1.88. The second kappa shape index (κ2) is 7.38. The van der Waals surface area contributed by atoms with Crippen molar-refractivity contribution in [3.05, 3.63) is 29.8 Å². The minimum atomic E-state index is -0.205. The van der Waals surface area contributed by atoms with E-state index in [0.29, 0.717) is 5.92 Å². The van der Waals surface area contributed by atoms with Gasteiger partial charge >= 0.3 is 0 Å². The zero-order valence-corrected chi connectivity index (χ0v) is 11.0. The molecule has 2 atom stereocenters. The molecule has 1 N–H and O–H groups in total. The fourth-order valence-corrected chi connectivity index (χ4v) is 2.18. The Morgan fingerprint density at radius 2 is 2.12 bits per heavy atom. The van der Waals surface area contributed by atoms with E-state index in [9.17, 15) is 4.39 Å². The third-order valence-electron chi connectivity index (χ3n) is 3.07. The molecule has 1 rings (SSSR count). The van der Waals surface area contributed by atoms with Gasteiger partial charge in [-0.2, -0.15) is 0 Å². The van der Waals surface area contributed by atoms with Crippen LogP contribution < -0.4 is 5.32 Å². The van der Waals surface area contributed by atoms with Crippen molar-refractivity contribution >= 4 is 0 Å². The van der Waals surface area contributed by atoms with Gasteiger partial charge in [0, 0.05) is 17.8 Å². The minimum Gasteiger partial charge on any atom is -0.310 e. The predicted molar refractivity (Wildman–Crippen MR) is 69.3 cm³/mol. The lowest BCUT2D eigenvalue weighted by molar-refractivity contribution is 0.353. The average Bonchev–Trinajstić information content (AvgIpc) is 2.32. The molecule has 0 aliphatic carbocycles. The van der Waals surface area contributed by atoms with Gasteiger partial charge in [-0.25, -0.2) is 4.39 Å². The fourth-order valence-electron chi connectivity index (χ4n) is 2.18. The Balaban J connectivity index is 2.85. The van der Waals surface area contributed by atoms with Crippen LogP contribution in [0.3, 0.4) is 0 Å². The standard InChI is InChI=1S/C14H23FN2/c1-4-6-11(3)14(17-8-5-2)12-7-9-16-10-13(12)15/h7,9-11,14,17H,4-6,8H2,1-3H3. The van der Waals surface area contributed by atoms with Crippen molar-refractivity contribution in [2.24, 2.45) is 5.92 Å². The second-order valence-electron chi connectivity index (χ2n) is 4.59. The first-order chi connectivity index (χ1) is 8.20. The number of pyridine rings is 1. The molecule has 0 radical (unpaired) electrons. The summed E-state index contributed by atoms with van der Waals surface area (Å²) in [5, 5.41) is 3.44. The molecular formula is C14H23FN2. The van der Waals surface area contributed by atoms with Crippen LogP contribution in [-0.4, -0.2) is 11.5 Å². The highest BCUT2D eigenvalue weighted by atomic mass is 19.1. The Hall–Kier alpha value is -0.960. The minimum absolute atomic E-state index is 0.0953. The highest BCUT2D eigenvalue weighted by Gasteiger charge is 2.20. The summed E-state index contributed by atoms with van der Waals surface area (Å²) in [5.41, 5.74) is 0.745. The van der Waals surface area contributed by atoms with Crippen molar-refractivity contribution in [2.45, 2.75) is 46.1 Å². The monoisotopic (exact) mass is 238 g/mol. The summed E-state index contributed by atoms with van der Waals surface area (Å²) in [7, 11) is 0. The number of nitrogens with zero attached hydrogens (tertiary/aromatic N) is 1. The lowest BCUT2D eigenvalue weighted by Crippen LogP contribution is -2.28. The maximum absolute atomic E-state index is 13.8. The molecule has 1 heterocycles. The van der Waals surface area contributed by atoms with Gasteiger partial charge in [0.15, 0.2) is 0 Å². The van der Waals surface area contributed by atoms with Crippen LogP contribution in [0.15, 0.2) is 18.5 Å². The van der Waals surface area contributed by atoms with Crippen molar-refractivity contribution in [3.8, 4) is 0 Å². The topological polar surface area (TPSA) is 24.9 Å². The molecule has 96 valence electrons. The molecule has 17 heavy (non-hydrogen) atoms. The van der Waals surface area contributed by atoms with Crippen LogP contribution in [0.25, 0.3) is 0 Å². The molecule has 0 bridgehead atoms. The van der Waals surface area contributed by atoms with Gasteiger partial charge in [-0.05, 0) is 31.4 Å². The molecule has 0 saturated carbocycles. The number of hydrogen-bond acceptors (Lipinski definition) is 2. The van der Waals surface area contributed by atoms with Crippen LogP contribution >= 0.6 is 0 Å². The molecule has 0 aliphatic heterocycles. The molecule has 0 fully saturated rings. The van der Waals surface area contributed by atoms with Crippen LogP contribution in [0.2, 0.25) is 0 Å². The average molecular weight is 238 g/mol. The van der Waals surface area contributed by atoms with Crippen molar-refractivity contribution < 1.29 is 4.39 Å². The molecule has 0 saturated heterocycles. The summed E-state index contributed by atoms with van der Waals surface area (Å²) in [6.45, 7) is 7.38. The number of aromatic nitrogens is 1. The first-order valence-corrected chi connectivity index (χ1v) is 6.53. The zero-order chi connectivity index (χ0) is 12.7. The van der Waals surface area contributed by atoms with Crippen LogP contribution in [0.5, 0.6) is 0 Å². The van der Waals surface area contributed by atoms with Crippen LogP contribution in [-0.2, 0) is 0 Å². The van der Waals surface area contributed by atoms with E-state index in [2.05, 4.69) is 31.1 Å². The Kier molecular flexibility index (Phi) is 6.12. The van der Waals surface area contributed by atoms with Crippen molar-refractivity contribution in [1.82, 2.24) is 10.3 Å². The lowest BCUT2D eigenvalue weighted by Gasteiger charge is -2.25. The molecule has 3 heteroatoms. The summed E-state index contributed by atoms with van der Waals surface area (Å²) >= 11 is 0. The van der Waals surface area contributed by atoms with E-state index < -0.39 is 0 Å². The molecule has 0 amide bonds. The number of nitrogens with one attached hydrogen (secondary N) is 1. The van der Waals surface area contributed by atoms with E-state index in [4.69, 9.17) is 0 Å². The Morgan fingerprint density at radius 3 is 2.71 bits per heavy atom. The summed E-state index contributed by atoms with van der Waals surface area (Å²) in [6.07, 6.45) is 6.25. The normalized spacial score (nSPS) is 14.6. The molecule has 0 aromatic carbocycles. The van der Waals surface area contributed by atoms with Gasteiger partial charge in [0.2, 0.25) is 0 Å². The summed E-state index contributed by atoms with van der Waals surface area (Å²) < 4.78 is 13.8. The molecule has 2 unspecified atom stereocenters. The van der Waals surface area contributed by atoms with Gasteiger partial charge in [-0.1, -0.05) is 27.2 Å². The van der Waals surface area contributed by atoms with E-state index >= 15 is 0 Å². The number of rotatable bonds is 7. The van der Waals surface area contributed by atoms with Crippen molar-refractivity contribution in [3.63, 3.8) is 0 Å². The van der Waals surface area contributed by atoms with E-state index in [-0.39, 0.29) is 11.9 Å². The third-order valence-corrected chi connectivity index (χ3v) is 3.07. The Morgan fingerprint density at radius 1 is 1.35 bits per heavy atom. The maximum Gasteiger partial charge on any atom is 0.146 e. The van der Waals surface area contributed by atoms with E-state index in [1.165, 1.54) is 6.20 Å². The summed E-state index contributed by atoms with van der Waals surface area (Å²) in [5.74, 6) is 0.229. The van der Waals surface area contributed by atoms with Gasteiger partial charge in [0.05, 0.1) is 6.20 Å². The smallest absolute Gasteiger partial charge is 0.146 e. The molecule has 2 nitrogen and oxygen atoms in total. The van der Waals surface area contributed by atoms with Crippen LogP contribution in [0.4, 0.5) is 4.39 Å². The maximum atomic E-state index is 13.8.